The lowest BCUT2D eigenvalue weighted by Crippen LogP contribution is -2.27. The lowest BCUT2D eigenvalue weighted by molar-refractivity contribution is 0.197. The molecule has 1 aromatic carbocycles. The van der Waals surface area contributed by atoms with Crippen molar-refractivity contribution in [3.63, 3.8) is 0 Å². The molecule has 0 radical (unpaired) electrons. The van der Waals surface area contributed by atoms with Crippen molar-refractivity contribution in [3.05, 3.63) is 34.9 Å². The van der Waals surface area contributed by atoms with Gasteiger partial charge in [-0.1, -0.05) is 23.7 Å². The van der Waals surface area contributed by atoms with E-state index in [1.807, 2.05) is 23.9 Å². The molecule has 0 amide bonds. The Kier molecular flexibility index (Phi) is 9.35. The van der Waals surface area contributed by atoms with Gasteiger partial charge in [0.05, 0.1) is 6.61 Å². The second kappa shape index (κ2) is 10.6. The molecule has 0 spiro atoms. The van der Waals surface area contributed by atoms with E-state index in [1.165, 1.54) is 17.7 Å². The third kappa shape index (κ3) is 7.83. The maximum absolute atomic E-state index is 6.04. The van der Waals surface area contributed by atoms with Crippen molar-refractivity contribution >= 4 is 23.4 Å². The van der Waals surface area contributed by atoms with E-state index in [9.17, 15) is 0 Å². The van der Waals surface area contributed by atoms with Gasteiger partial charge in [-0.25, -0.2) is 0 Å². The fraction of sp³-hybridized carbons (Fsp3) is 0.600. The molecule has 19 heavy (non-hydrogen) atoms. The molecule has 0 aliphatic rings. The summed E-state index contributed by atoms with van der Waals surface area (Å²) in [5.74, 6) is 1.86. The van der Waals surface area contributed by atoms with E-state index in [0.717, 1.165) is 31.1 Å². The molecule has 0 bridgehead atoms. The molecular formula is C15H24ClNOS. The number of thioether (sulfide) groups is 1. The van der Waals surface area contributed by atoms with Crippen LogP contribution in [0, 0.1) is 5.92 Å². The van der Waals surface area contributed by atoms with Gasteiger partial charge in [0, 0.05) is 18.7 Å². The summed E-state index contributed by atoms with van der Waals surface area (Å²) in [6.45, 7) is 2.73. The van der Waals surface area contributed by atoms with Crippen molar-refractivity contribution < 1.29 is 4.74 Å². The quantitative estimate of drug-likeness (QED) is 0.669. The molecule has 0 aromatic heterocycles. The first-order valence-corrected chi connectivity index (χ1v) is 8.46. The monoisotopic (exact) mass is 301 g/mol. The van der Waals surface area contributed by atoms with Gasteiger partial charge in [0.2, 0.25) is 0 Å². The van der Waals surface area contributed by atoms with E-state index in [1.54, 1.807) is 7.11 Å². The number of hydrogen-bond donors (Lipinski definition) is 1. The lowest BCUT2D eigenvalue weighted by atomic mass is 9.97. The van der Waals surface area contributed by atoms with Crippen molar-refractivity contribution in [1.29, 1.82) is 0 Å². The summed E-state index contributed by atoms with van der Waals surface area (Å²) in [5.41, 5.74) is 1.33. The van der Waals surface area contributed by atoms with Crippen molar-refractivity contribution in [2.45, 2.75) is 12.8 Å². The Morgan fingerprint density at radius 2 is 2.26 bits per heavy atom. The SMILES string of the molecule is COCCNCC(CCSC)Cc1cccc(Cl)c1. The van der Waals surface area contributed by atoms with Gasteiger partial charge >= 0.3 is 0 Å². The van der Waals surface area contributed by atoms with Crippen LogP contribution in [-0.2, 0) is 11.2 Å². The first-order chi connectivity index (χ1) is 9.26. The van der Waals surface area contributed by atoms with E-state index in [0.29, 0.717) is 5.92 Å². The Labute approximate surface area is 126 Å². The summed E-state index contributed by atoms with van der Waals surface area (Å²) >= 11 is 7.95. The molecule has 0 aliphatic carbocycles. The fourth-order valence-corrected chi connectivity index (χ4v) is 2.82. The summed E-state index contributed by atoms with van der Waals surface area (Å²) in [5, 5.41) is 4.29. The van der Waals surface area contributed by atoms with Crippen molar-refractivity contribution in [1.82, 2.24) is 5.32 Å². The number of benzene rings is 1. The van der Waals surface area contributed by atoms with Crippen LogP contribution in [0.2, 0.25) is 5.02 Å². The van der Waals surface area contributed by atoms with Gasteiger partial charge in [0.25, 0.3) is 0 Å². The van der Waals surface area contributed by atoms with Crippen LogP contribution in [-0.4, -0.2) is 38.8 Å². The number of hydrogen-bond acceptors (Lipinski definition) is 3. The Morgan fingerprint density at radius 1 is 1.42 bits per heavy atom. The molecular weight excluding hydrogens is 278 g/mol. The Hall–Kier alpha value is -0.220. The average molecular weight is 302 g/mol. The Morgan fingerprint density at radius 3 is 2.95 bits per heavy atom. The number of ether oxygens (including phenoxy) is 1. The first-order valence-electron chi connectivity index (χ1n) is 6.69. The molecule has 1 rings (SSSR count). The molecule has 1 aromatic rings. The van der Waals surface area contributed by atoms with E-state index >= 15 is 0 Å². The zero-order valence-corrected chi connectivity index (χ0v) is 13.4. The zero-order valence-electron chi connectivity index (χ0n) is 11.8. The zero-order chi connectivity index (χ0) is 13.9. The van der Waals surface area contributed by atoms with Crippen molar-refractivity contribution in [2.24, 2.45) is 5.92 Å². The molecule has 0 aliphatic heterocycles. The highest BCUT2D eigenvalue weighted by molar-refractivity contribution is 7.98. The fourth-order valence-electron chi connectivity index (χ4n) is 2.04. The Balaban J connectivity index is 2.43. The van der Waals surface area contributed by atoms with Crippen LogP contribution in [0.15, 0.2) is 24.3 Å². The number of methoxy groups -OCH3 is 1. The van der Waals surface area contributed by atoms with Gasteiger partial charge in [-0.15, -0.1) is 0 Å². The predicted octanol–water partition coefficient (Wildman–Crippen LogP) is 3.49. The normalized spacial score (nSPS) is 12.6. The van der Waals surface area contributed by atoms with Gasteiger partial charge in [0.1, 0.15) is 0 Å². The third-order valence-electron chi connectivity index (χ3n) is 3.06. The summed E-state index contributed by atoms with van der Waals surface area (Å²) in [6, 6.07) is 8.19. The minimum Gasteiger partial charge on any atom is -0.383 e. The largest absolute Gasteiger partial charge is 0.383 e. The average Bonchev–Trinajstić information content (AvgIpc) is 2.40. The molecule has 1 unspecified atom stereocenters. The molecule has 0 saturated heterocycles. The van der Waals surface area contributed by atoms with Crippen LogP contribution in [0.3, 0.4) is 0 Å². The number of nitrogens with one attached hydrogen (secondary N) is 1. The molecule has 0 saturated carbocycles. The van der Waals surface area contributed by atoms with Crippen molar-refractivity contribution in [3.8, 4) is 0 Å². The lowest BCUT2D eigenvalue weighted by Gasteiger charge is -2.17. The minimum atomic E-state index is 0.655. The summed E-state index contributed by atoms with van der Waals surface area (Å²) < 4.78 is 5.05. The second-order valence-corrected chi connectivity index (χ2v) is 6.10. The van der Waals surface area contributed by atoms with E-state index < -0.39 is 0 Å². The highest BCUT2D eigenvalue weighted by Gasteiger charge is 2.09. The van der Waals surface area contributed by atoms with E-state index in [2.05, 4.69) is 23.7 Å². The van der Waals surface area contributed by atoms with Gasteiger partial charge < -0.3 is 10.1 Å². The van der Waals surface area contributed by atoms with Crippen LogP contribution in [0.5, 0.6) is 0 Å². The topological polar surface area (TPSA) is 21.3 Å². The minimum absolute atomic E-state index is 0.655. The van der Waals surface area contributed by atoms with Gasteiger partial charge in [-0.3, -0.25) is 0 Å². The molecule has 4 heteroatoms. The smallest absolute Gasteiger partial charge is 0.0587 e. The van der Waals surface area contributed by atoms with E-state index in [4.69, 9.17) is 16.3 Å². The molecule has 108 valence electrons. The highest BCUT2D eigenvalue weighted by Crippen LogP contribution is 2.17. The van der Waals surface area contributed by atoms with Gasteiger partial charge in [0.15, 0.2) is 0 Å². The standard InChI is InChI=1S/C15H24ClNOS/c1-18-8-7-17-12-14(6-9-19-2)10-13-4-3-5-15(16)11-13/h3-5,11,14,17H,6-10,12H2,1-2H3. The second-order valence-electron chi connectivity index (χ2n) is 4.68. The molecule has 0 heterocycles. The van der Waals surface area contributed by atoms with Gasteiger partial charge in [-0.05, 0) is 55.0 Å². The highest BCUT2D eigenvalue weighted by atomic mass is 35.5. The molecule has 1 N–H and O–H groups in total. The van der Waals surface area contributed by atoms with E-state index in [-0.39, 0.29) is 0 Å². The maximum Gasteiger partial charge on any atom is 0.0587 e. The maximum atomic E-state index is 6.04. The molecule has 0 fully saturated rings. The van der Waals surface area contributed by atoms with Gasteiger partial charge in [-0.2, -0.15) is 11.8 Å². The number of rotatable bonds is 10. The third-order valence-corrected chi connectivity index (χ3v) is 3.94. The van der Waals surface area contributed by atoms with Crippen LogP contribution in [0.4, 0.5) is 0 Å². The number of halogens is 1. The summed E-state index contributed by atoms with van der Waals surface area (Å²) in [6.07, 6.45) is 4.48. The predicted molar refractivity (Wildman–Crippen MR) is 86.4 cm³/mol. The summed E-state index contributed by atoms with van der Waals surface area (Å²) in [4.78, 5) is 0. The first kappa shape index (κ1) is 16.8. The van der Waals surface area contributed by atoms with Crippen LogP contribution in [0.25, 0.3) is 0 Å². The molecule has 1 atom stereocenters. The van der Waals surface area contributed by atoms with Crippen LogP contribution >= 0.6 is 23.4 Å². The Bertz CT molecular complexity index is 349. The van der Waals surface area contributed by atoms with Crippen molar-refractivity contribution in [2.75, 3.05) is 38.8 Å². The van der Waals surface area contributed by atoms with Crippen LogP contribution in [0.1, 0.15) is 12.0 Å². The van der Waals surface area contributed by atoms with Crippen LogP contribution < -0.4 is 5.32 Å². The molecule has 2 nitrogen and oxygen atoms in total. The summed E-state index contributed by atoms with van der Waals surface area (Å²) in [7, 11) is 1.73.